The molecule has 1 aromatic carbocycles. The Hall–Kier alpha value is -1.48. The van der Waals surface area contributed by atoms with Crippen molar-refractivity contribution in [1.29, 1.82) is 0 Å². The van der Waals surface area contributed by atoms with E-state index in [9.17, 15) is 0 Å². The van der Waals surface area contributed by atoms with Gasteiger partial charge in [0.05, 0.1) is 13.7 Å². The topological polar surface area (TPSA) is 30.5 Å². The molecule has 0 radical (unpaired) electrons. The molecule has 0 aliphatic rings. The fourth-order valence-corrected chi connectivity index (χ4v) is 1.76. The van der Waals surface area contributed by atoms with Gasteiger partial charge >= 0.3 is 0 Å². The maximum Gasteiger partial charge on any atom is 0.161 e. The lowest BCUT2D eigenvalue weighted by atomic mass is 10.2. The van der Waals surface area contributed by atoms with E-state index in [1.54, 1.807) is 7.11 Å². The zero-order chi connectivity index (χ0) is 13.9. The molecule has 0 saturated carbocycles. The van der Waals surface area contributed by atoms with Crippen LogP contribution in [0.4, 0.5) is 0 Å². The normalized spacial score (nSPS) is 10.2. The Labute approximate surface area is 116 Å². The molecule has 3 heteroatoms. The molecular formula is C16H25NO2. The lowest BCUT2D eigenvalue weighted by Crippen LogP contribution is -2.13. The Morgan fingerprint density at radius 2 is 2.16 bits per heavy atom. The summed E-state index contributed by atoms with van der Waals surface area (Å²) in [5.74, 6) is 1.61. The van der Waals surface area contributed by atoms with Crippen molar-refractivity contribution in [3.05, 3.63) is 36.4 Å². The highest BCUT2D eigenvalue weighted by Gasteiger charge is 2.05. The number of rotatable bonds is 10. The summed E-state index contributed by atoms with van der Waals surface area (Å²) < 4.78 is 11.1. The molecule has 0 atom stereocenters. The molecule has 1 aromatic rings. The molecule has 19 heavy (non-hydrogen) atoms. The van der Waals surface area contributed by atoms with Gasteiger partial charge in [0, 0.05) is 6.54 Å². The molecule has 0 heterocycles. The first kappa shape index (κ1) is 15.6. The minimum absolute atomic E-state index is 0.689. The Bertz CT molecular complexity index is 377. The van der Waals surface area contributed by atoms with Gasteiger partial charge in [-0.1, -0.05) is 19.1 Å². The largest absolute Gasteiger partial charge is 0.493 e. The van der Waals surface area contributed by atoms with E-state index in [1.165, 1.54) is 5.56 Å². The SMILES string of the molecule is C=CCCCOc1cc(CNCCC)ccc1OC. The summed E-state index contributed by atoms with van der Waals surface area (Å²) in [5, 5.41) is 3.38. The van der Waals surface area contributed by atoms with E-state index in [0.29, 0.717) is 6.61 Å². The first-order valence-corrected chi connectivity index (χ1v) is 6.93. The van der Waals surface area contributed by atoms with Crippen LogP contribution in [-0.2, 0) is 6.54 Å². The van der Waals surface area contributed by atoms with E-state index in [-0.39, 0.29) is 0 Å². The number of benzene rings is 1. The molecule has 0 fully saturated rings. The Kier molecular flexibility index (Phi) is 7.75. The minimum Gasteiger partial charge on any atom is -0.493 e. The standard InChI is InChI=1S/C16H25NO2/c1-4-6-7-11-19-16-12-14(13-17-10-5-2)8-9-15(16)18-3/h4,8-9,12,17H,1,5-7,10-11,13H2,2-3H3. The second-order valence-corrected chi connectivity index (χ2v) is 4.44. The smallest absolute Gasteiger partial charge is 0.161 e. The molecule has 0 amide bonds. The average Bonchev–Trinajstić information content (AvgIpc) is 2.44. The average molecular weight is 263 g/mol. The maximum absolute atomic E-state index is 5.78. The first-order chi connectivity index (χ1) is 9.31. The van der Waals surface area contributed by atoms with Crippen molar-refractivity contribution in [2.24, 2.45) is 0 Å². The van der Waals surface area contributed by atoms with Crippen LogP contribution in [0.3, 0.4) is 0 Å². The van der Waals surface area contributed by atoms with E-state index < -0.39 is 0 Å². The van der Waals surface area contributed by atoms with Gasteiger partial charge in [0.2, 0.25) is 0 Å². The number of methoxy groups -OCH3 is 1. The number of allylic oxidation sites excluding steroid dienone is 1. The van der Waals surface area contributed by atoms with Crippen LogP contribution < -0.4 is 14.8 Å². The molecule has 1 N–H and O–H groups in total. The van der Waals surface area contributed by atoms with Crippen molar-refractivity contribution in [1.82, 2.24) is 5.32 Å². The van der Waals surface area contributed by atoms with Gasteiger partial charge in [0.1, 0.15) is 0 Å². The fraction of sp³-hybridized carbons (Fsp3) is 0.500. The molecule has 1 rings (SSSR count). The van der Waals surface area contributed by atoms with Gasteiger partial charge in [-0.3, -0.25) is 0 Å². The van der Waals surface area contributed by atoms with Gasteiger partial charge in [-0.15, -0.1) is 6.58 Å². The van der Waals surface area contributed by atoms with Crippen LogP contribution >= 0.6 is 0 Å². The molecule has 0 aromatic heterocycles. The minimum atomic E-state index is 0.689. The van der Waals surface area contributed by atoms with E-state index in [4.69, 9.17) is 9.47 Å². The number of hydrogen-bond donors (Lipinski definition) is 1. The molecule has 0 unspecified atom stereocenters. The predicted octanol–water partition coefficient (Wildman–Crippen LogP) is 3.54. The van der Waals surface area contributed by atoms with E-state index in [1.807, 2.05) is 12.1 Å². The van der Waals surface area contributed by atoms with Crippen LogP contribution in [0.15, 0.2) is 30.9 Å². The van der Waals surface area contributed by atoms with Crippen molar-refractivity contribution in [2.45, 2.75) is 32.7 Å². The van der Waals surface area contributed by atoms with Gasteiger partial charge in [0.25, 0.3) is 0 Å². The molecular weight excluding hydrogens is 238 g/mol. The van der Waals surface area contributed by atoms with Crippen LogP contribution in [0.2, 0.25) is 0 Å². The summed E-state index contributed by atoms with van der Waals surface area (Å²) in [4.78, 5) is 0. The third-order valence-electron chi connectivity index (χ3n) is 2.79. The maximum atomic E-state index is 5.78. The lowest BCUT2D eigenvalue weighted by Gasteiger charge is -2.12. The number of hydrogen-bond acceptors (Lipinski definition) is 3. The summed E-state index contributed by atoms with van der Waals surface area (Å²) in [7, 11) is 1.67. The highest BCUT2D eigenvalue weighted by atomic mass is 16.5. The highest BCUT2D eigenvalue weighted by Crippen LogP contribution is 2.28. The second kappa shape index (κ2) is 9.45. The molecule has 3 nitrogen and oxygen atoms in total. The van der Waals surface area contributed by atoms with Gasteiger partial charge < -0.3 is 14.8 Å². The molecule has 0 spiro atoms. The molecule has 0 aliphatic heterocycles. The number of ether oxygens (including phenoxy) is 2. The van der Waals surface area contributed by atoms with Crippen LogP contribution in [0.5, 0.6) is 11.5 Å². The van der Waals surface area contributed by atoms with E-state index in [0.717, 1.165) is 43.9 Å². The zero-order valence-electron chi connectivity index (χ0n) is 12.1. The van der Waals surface area contributed by atoms with E-state index >= 15 is 0 Å². The Balaban J connectivity index is 2.58. The zero-order valence-corrected chi connectivity index (χ0v) is 12.1. The van der Waals surface area contributed by atoms with Gasteiger partial charge in [-0.2, -0.15) is 0 Å². The summed E-state index contributed by atoms with van der Waals surface area (Å²) >= 11 is 0. The molecule has 0 bridgehead atoms. The van der Waals surface area contributed by atoms with Crippen LogP contribution in [0, 0.1) is 0 Å². The van der Waals surface area contributed by atoms with Crippen molar-refractivity contribution < 1.29 is 9.47 Å². The summed E-state index contributed by atoms with van der Waals surface area (Å²) in [5.41, 5.74) is 1.22. The summed E-state index contributed by atoms with van der Waals surface area (Å²) in [6.45, 7) is 8.45. The highest BCUT2D eigenvalue weighted by molar-refractivity contribution is 5.42. The Morgan fingerprint density at radius 1 is 1.32 bits per heavy atom. The van der Waals surface area contributed by atoms with Gasteiger partial charge in [-0.05, 0) is 43.5 Å². The Morgan fingerprint density at radius 3 is 2.84 bits per heavy atom. The van der Waals surface area contributed by atoms with Gasteiger partial charge in [-0.25, -0.2) is 0 Å². The summed E-state index contributed by atoms with van der Waals surface area (Å²) in [6, 6.07) is 6.08. The predicted molar refractivity (Wildman–Crippen MR) is 79.9 cm³/mol. The van der Waals surface area contributed by atoms with Crippen LogP contribution in [0.25, 0.3) is 0 Å². The van der Waals surface area contributed by atoms with Crippen molar-refractivity contribution >= 4 is 0 Å². The molecule has 0 aliphatic carbocycles. The number of nitrogens with one attached hydrogen (secondary N) is 1. The second-order valence-electron chi connectivity index (χ2n) is 4.44. The van der Waals surface area contributed by atoms with Crippen LogP contribution in [-0.4, -0.2) is 20.3 Å². The van der Waals surface area contributed by atoms with Crippen LogP contribution in [0.1, 0.15) is 31.7 Å². The lowest BCUT2D eigenvalue weighted by molar-refractivity contribution is 0.290. The van der Waals surface area contributed by atoms with Crippen molar-refractivity contribution in [3.63, 3.8) is 0 Å². The fourth-order valence-electron chi connectivity index (χ4n) is 1.76. The quantitative estimate of drug-likeness (QED) is 0.517. The summed E-state index contributed by atoms with van der Waals surface area (Å²) in [6.07, 6.45) is 5.00. The third-order valence-corrected chi connectivity index (χ3v) is 2.79. The van der Waals surface area contributed by atoms with Crippen molar-refractivity contribution in [2.75, 3.05) is 20.3 Å². The monoisotopic (exact) mass is 263 g/mol. The van der Waals surface area contributed by atoms with Crippen molar-refractivity contribution in [3.8, 4) is 11.5 Å². The van der Waals surface area contributed by atoms with E-state index in [2.05, 4.69) is 31.0 Å². The van der Waals surface area contributed by atoms with Gasteiger partial charge in [0.15, 0.2) is 11.5 Å². The molecule has 0 saturated heterocycles. The number of unbranched alkanes of at least 4 members (excludes halogenated alkanes) is 1. The first-order valence-electron chi connectivity index (χ1n) is 6.93. The molecule has 106 valence electrons. The third kappa shape index (κ3) is 5.79.